The van der Waals surface area contributed by atoms with Crippen LogP contribution in [0.4, 0.5) is 8.78 Å². The number of rotatable bonds is 8. The van der Waals surface area contributed by atoms with Crippen LogP contribution in [0.2, 0.25) is 0 Å². The number of halogens is 2. The Morgan fingerprint density at radius 1 is 1.14 bits per heavy atom. The van der Waals surface area contributed by atoms with Gasteiger partial charge < -0.3 is 19.5 Å². The van der Waals surface area contributed by atoms with Crippen molar-refractivity contribution < 1.29 is 32.6 Å². The standard InChI is InChI=1S/C33H36F2N4O5/c1-7-42-32(41)30(44-33(4,5)6)27-19(3)37-26-16-25(31(40)36-17-20-10-12-21(34)13-11-20)38-39(26)28(27)23-15-24(35)29-22(18(23)2)9-8-14-43-29/h10-13,15-16,30H,7-9,14,17H2,1-6H3,(H,36,40). The fourth-order valence-corrected chi connectivity index (χ4v) is 5.39. The quantitative estimate of drug-likeness (QED) is 0.247. The number of ether oxygens (including phenoxy) is 3. The summed E-state index contributed by atoms with van der Waals surface area (Å²) in [6.45, 7) is 11.5. The highest BCUT2D eigenvalue weighted by Crippen LogP contribution is 2.41. The van der Waals surface area contributed by atoms with Gasteiger partial charge in [0.2, 0.25) is 0 Å². The highest BCUT2D eigenvalue weighted by Gasteiger charge is 2.35. The SMILES string of the molecule is CCOC(=O)C(OC(C)(C)C)c1c(C)nc2cc(C(=O)NCc3ccc(F)cc3)nn2c1-c1cc(F)c2c(c1C)CCCO2. The Labute approximate surface area is 254 Å². The van der Waals surface area contributed by atoms with Gasteiger partial charge in [-0.3, -0.25) is 4.79 Å². The van der Waals surface area contributed by atoms with Crippen LogP contribution in [0.1, 0.15) is 78.7 Å². The van der Waals surface area contributed by atoms with Crippen molar-refractivity contribution in [2.75, 3.05) is 13.2 Å². The first kappa shape index (κ1) is 31.1. The van der Waals surface area contributed by atoms with Gasteiger partial charge in [-0.25, -0.2) is 23.1 Å². The number of aromatic nitrogens is 3. The van der Waals surface area contributed by atoms with Crippen LogP contribution < -0.4 is 10.1 Å². The Hall–Kier alpha value is -4.38. The number of carbonyl (C=O) groups excluding carboxylic acids is 2. The normalized spacial score (nSPS) is 13.7. The van der Waals surface area contributed by atoms with Crippen molar-refractivity contribution in [3.63, 3.8) is 0 Å². The first-order chi connectivity index (χ1) is 20.9. The van der Waals surface area contributed by atoms with Crippen LogP contribution in [-0.4, -0.2) is 45.3 Å². The molecule has 4 aromatic rings. The number of benzene rings is 2. The van der Waals surface area contributed by atoms with Gasteiger partial charge in [0.05, 0.1) is 24.5 Å². The molecule has 0 radical (unpaired) electrons. The fourth-order valence-electron chi connectivity index (χ4n) is 5.39. The summed E-state index contributed by atoms with van der Waals surface area (Å²) in [7, 11) is 0. The van der Waals surface area contributed by atoms with E-state index < -0.39 is 29.4 Å². The number of nitrogens with zero attached hydrogens (tertiary/aromatic N) is 3. The Morgan fingerprint density at radius 2 is 1.86 bits per heavy atom. The third kappa shape index (κ3) is 6.28. The number of fused-ring (bicyclic) bond motifs is 2. The molecule has 0 saturated heterocycles. The van der Waals surface area contributed by atoms with E-state index in [-0.39, 0.29) is 30.4 Å². The van der Waals surface area contributed by atoms with Gasteiger partial charge in [-0.05, 0) is 83.7 Å². The van der Waals surface area contributed by atoms with Crippen molar-refractivity contribution >= 4 is 17.5 Å². The lowest BCUT2D eigenvalue weighted by molar-refractivity contribution is -0.166. The molecule has 1 unspecified atom stereocenters. The maximum Gasteiger partial charge on any atom is 0.340 e. The molecule has 44 heavy (non-hydrogen) atoms. The van der Waals surface area contributed by atoms with Crippen molar-refractivity contribution in [3.05, 3.63) is 81.7 Å². The number of hydrogen-bond acceptors (Lipinski definition) is 7. The molecular formula is C33H36F2N4O5. The average Bonchev–Trinajstić information content (AvgIpc) is 3.40. The molecule has 1 atom stereocenters. The van der Waals surface area contributed by atoms with Gasteiger partial charge in [-0.2, -0.15) is 5.10 Å². The molecule has 2 aromatic carbocycles. The van der Waals surface area contributed by atoms with Crippen molar-refractivity contribution in [2.24, 2.45) is 0 Å². The molecule has 3 heterocycles. The van der Waals surface area contributed by atoms with Gasteiger partial charge in [-0.1, -0.05) is 12.1 Å². The number of hydrogen-bond donors (Lipinski definition) is 1. The van der Waals surface area contributed by atoms with Crippen LogP contribution in [0.25, 0.3) is 16.9 Å². The predicted octanol–water partition coefficient (Wildman–Crippen LogP) is 5.97. The molecule has 1 amide bonds. The molecule has 0 aliphatic carbocycles. The molecule has 0 spiro atoms. The third-order valence-corrected chi connectivity index (χ3v) is 7.35. The summed E-state index contributed by atoms with van der Waals surface area (Å²) in [5.74, 6) is -1.81. The Morgan fingerprint density at radius 3 is 2.55 bits per heavy atom. The summed E-state index contributed by atoms with van der Waals surface area (Å²) in [5, 5.41) is 7.40. The number of aryl methyl sites for hydroxylation is 1. The topological polar surface area (TPSA) is 104 Å². The number of amides is 1. The van der Waals surface area contributed by atoms with Gasteiger partial charge >= 0.3 is 5.97 Å². The van der Waals surface area contributed by atoms with E-state index >= 15 is 4.39 Å². The van der Waals surface area contributed by atoms with Crippen LogP contribution in [0, 0.1) is 25.5 Å². The summed E-state index contributed by atoms with van der Waals surface area (Å²) in [6.07, 6.45) is 0.119. The van der Waals surface area contributed by atoms with E-state index in [9.17, 15) is 14.0 Å². The molecule has 232 valence electrons. The minimum atomic E-state index is -1.23. The van der Waals surface area contributed by atoms with Crippen LogP contribution in [0.3, 0.4) is 0 Å². The van der Waals surface area contributed by atoms with Crippen molar-refractivity contribution in [1.82, 2.24) is 19.9 Å². The van der Waals surface area contributed by atoms with E-state index in [4.69, 9.17) is 19.2 Å². The Balaban J connectivity index is 1.71. The fraction of sp³-hybridized carbons (Fsp3) is 0.394. The Bertz CT molecular complexity index is 1730. The van der Waals surface area contributed by atoms with E-state index in [1.807, 2.05) is 27.7 Å². The van der Waals surface area contributed by atoms with Gasteiger partial charge in [-0.15, -0.1) is 0 Å². The van der Waals surface area contributed by atoms with Crippen molar-refractivity contribution in [1.29, 1.82) is 0 Å². The molecule has 9 nitrogen and oxygen atoms in total. The average molecular weight is 607 g/mol. The van der Waals surface area contributed by atoms with Crippen molar-refractivity contribution in [3.8, 4) is 17.0 Å². The summed E-state index contributed by atoms with van der Waals surface area (Å²) in [5.41, 5.74) is 3.41. The molecule has 0 saturated carbocycles. The monoisotopic (exact) mass is 606 g/mol. The highest BCUT2D eigenvalue weighted by atomic mass is 19.1. The van der Waals surface area contributed by atoms with Crippen LogP contribution >= 0.6 is 0 Å². The van der Waals surface area contributed by atoms with E-state index in [1.54, 1.807) is 26.0 Å². The van der Waals surface area contributed by atoms with Gasteiger partial charge in [0.15, 0.2) is 29.0 Å². The van der Waals surface area contributed by atoms with Crippen LogP contribution in [-0.2, 0) is 27.2 Å². The minimum Gasteiger partial charge on any atom is -0.490 e. The number of nitrogens with one attached hydrogen (secondary N) is 1. The molecule has 0 fully saturated rings. The van der Waals surface area contributed by atoms with Crippen LogP contribution in [0.5, 0.6) is 5.75 Å². The summed E-state index contributed by atoms with van der Waals surface area (Å²) in [6, 6.07) is 8.69. The first-order valence-corrected chi connectivity index (χ1v) is 14.6. The molecule has 1 aliphatic heterocycles. The largest absolute Gasteiger partial charge is 0.490 e. The second-order valence-electron chi connectivity index (χ2n) is 11.7. The van der Waals surface area contributed by atoms with Crippen molar-refractivity contribution in [2.45, 2.75) is 72.6 Å². The smallest absolute Gasteiger partial charge is 0.340 e. The molecule has 0 bridgehead atoms. The molecule has 2 aromatic heterocycles. The second kappa shape index (κ2) is 12.3. The first-order valence-electron chi connectivity index (χ1n) is 14.6. The zero-order chi connectivity index (χ0) is 31.8. The van der Waals surface area contributed by atoms with Gasteiger partial charge in [0.1, 0.15) is 5.82 Å². The number of carbonyl (C=O) groups is 2. The zero-order valence-electron chi connectivity index (χ0n) is 25.7. The molecule has 11 heteroatoms. The zero-order valence-corrected chi connectivity index (χ0v) is 25.7. The predicted molar refractivity (Wildman–Crippen MR) is 159 cm³/mol. The van der Waals surface area contributed by atoms with E-state index in [1.165, 1.54) is 28.8 Å². The minimum absolute atomic E-state index is 0.0567. The van der Waals surface area contributed by atoms with E-state index in [2.05, 4.69) is 10.4 Å². The molecule has 1 aliphatic rings. The molecule has 5 rings (SSSR count). The van der Waals surface area contributed by atoms with Gasteiger partial charge in [0, 0.05) is 35.0 Å². The highest BCUT2D eigenvalue weighted by molar-refractivity contribution is 5.93. The van der Waals surface area contributed by atoms with Gasteiger partial charge in [0.25, 0.3) is 5.91 Å². The summed E-state index contributed by atoms with van der Waals surface area (Å²) in [4.78, 5) is 31.4. The molecule has 1 N–H and O–H groups in total. The lowest BCUT2D eigenvalue weighted by Gasteiger charge is -2.29. The van der Waals surface area contributed by atoms with E-state index in [0.29, 0.717) is 46.8 Å². The second-order valence-corrected chi connectivity index (χ2v) is 11.7. The van der Waals surface area contributed by atoms with E-state index in [0.717, 1.165) is 17.5 Å². The summed E-state index contributed by atoms with van der Waals surface area (Å²) >= 11 is 0. The lowest BCUT2D eigenvalue weighted by atomic mass is 9.91. The maximum absolute atomic E-state index is 15.6. The Kier molecular flexibility index (Phi) is 8.69. The van der Waals surface area contributed by atoms with Crippen LogP contribution in [0.15, 0.2) is 36.4 Å². The summed E-state index contributed by atoms with van der Waals surface area (Å²) < 4.78 is 47.8. The lowest BCUT2D eigenvalue weighted by Crippen LogP contribution is -2.30. The number of esters is 1. The molecular weight excluding hydrogens is 570 g/mol. The third-order valence-electron chi connectivity index (χ3n) is 7.35. The maximum atomic E-state index is 15.6.